The van der Waals surface area contributed by atoms with E-state index in [9.17, 15) is 9.59 Å². The summed E-state index contributed by atoms with van der Waals surface area (Å²) in [7, 11) is 0. The van der Waals surface area contributed by atoms with Gasteiger partial charge in [0.05, 0.1) is 18.9 Å². The number of nitrogens with one attached hydrogen (secondary N) is 2. The summed E-state index contributed by atoms with van der Waals surface area (Å²) in [6, 6.07) is 14.0. The number of aromatic amines is 1. The van der Waals surface area contributed by atoms with Crippen LogP contribution in [0.25, 0.3) is 10.8 Å². The fourth-order valence-corrected chi connectivity index (χ4v) is 2.67. The average molecular weight is 352 g/mol. The van der Waals surface area contributed by atoms with Gasteiger partial charge in [-0.25, -0.2) is 0 Å². The van der Waals surface area contributed by atoms with E-state index >= 15 is 0 Å². The van der Waals surface area contributed by atoms with Gasteiger partial charge in [-0.05, 0) is 43.5 Å². The Morgan fingerprint density at radius 1 is 1.04 bits per heavy atom. The quantitative estimate of drug-likeness (QED) is 0.711. The normalized spacial score (nSPS) is 10.5. The minimum atomic E-state index is -0.428. The second kappa shape index (κ2) is 7.74. The van der Waals surface area contributed by atoms with Crippen molar-refractivity contribution in [1.82, 2.24) is 4.98 Å². The molecule has 0 atom stereocenters. The van der Waals surface area contributed by atoms with E-state index in [2.05, 4.69) is 10.3 Å². The van der Waals surface area contributed by atoms with Crippen molar-refractivity contribution in [3.63, 3.8) is 0 Å². The zero-order valence-corrected chi connectivity index (χ0v) is 14.7. The average Bonchev–Trinajstić information content (AvgIpc) is 2.64. The van der Waals surface area contributed by atoms with Crippen molar-refractivity contribution in [2.24, 2.45) is 0 Å². The van der Waals surface area contributed by atoms with Crippen LogP contribution in [0.4, 0.5) is 5.69 Å². The maximum Gasteiger partial charge on any atom is 0.272 e. The van der Waals surface area contributed by atoms with E-state index in [4.69, 9.17) is 9.47 Å². The highest BCUT2D eigenvalue weighted by molar-refractivity contribution is 6.05. The van der Waals surface area contributed by atoms with E-state index in [-0.39, 0.29) is 11.3 Å². The largest absolute Gasteiger partial charge is 0.494 e. The predicted molar refractivity (Wildman–Crippen MR) is 101 cm³/mol. The Hall–Kier alpha value is -3.28. The third-order valence-corrected chi connectivity index (χ3v) is 3.81. The molecule has 26 heavy (non-hydrogen) atoms. The van der Waals surface area contributed by atoms with Crippen molar-refractivity contribution < 1.29 is 14.3 Å². The van der Waals surface area contributed by atoms with Crippen LogP contribution in [-0.4, -0.2) is 24.1 Å². The lowest BCUT2D eigenvalue weighted by Gasteiger charge is -2.13. The molecule has 0 spiro atoms. The first kappa shape index (κ1) is 17.5. The van der Waals surface area contributed by atoms with E-state index < -0.39 is 5.91 Å². The van der Waals surface area contributed by atoms with Gasteiger partial charge in [0.1, 0.15) is 17.2 Å². The number of hydrogen-bond acceptors (Lipinski definition) is 4. The van der Waals surface area contributed by atoms with E-state index in [1.54, 1.807) is 42.5 Å². The first-order valence-electron chi connectivity index (χ1n) is 8.45. The van der Waals surface area contributed by atoms with Gasteiger partial charge in [0.25, 0.3) is 11.5 Å². The van der Waals surface area contributed by atoms with Crippen LogP contribution in [0.1, 0.15) is 24.3 Å². The Bertz CT molecular complexity index is 995. The van der Waals surface area contributed by atoms with Crippen LogP contribution in [0.5, 0.6) is 11.5 Å². The lowest BCUT2D eigenvalue weighted by atomic mass is 10.1. The third-order valence-electron chi connectivity index (χ3n) is 3.81. The number of H-pyrrole nitrogens is 1. The van der Waals surface area contributed by atoms with Gasteiger partial charge in [-0.2, -0.15) is 0 Å². The van der Waals surface area contributed by atoms with Crippen LogP contribution in [0.2, 0.25) is 0 Å². The Kier molecular flexibility index (Phi) is 5.22. The minimum absolute atomic E-state index is 0.179. The van der Waals surface area contributed by atoms with E-state index in [1.807, 2.05) is 19.9 Å². The van der Waals surface area contributed by atoms with Crippen molar-refractivity contribution in [3.05, 3.63) is 64.6 Å². The molecule has 3 aromatic rings. The maximum atomic E-state index is 12.7. The highest BCUT2D eigenvalue weighted by Gasteiger charge is 2.13. The molecule has 6 nitrogen and oxygen atoms in total. The van der Waals surface area contributed by atoms with Crippen LogP contribution in [0.3, 0.4) is 0 Å². The number of aromatic nitrogens is 1. The first-order chi connectivity index (χ1) is 12.6. The molecule has 0 saturated carbocycles. The molecular weight excluding hydrogens is 332 g/mol. The summed E-state index contributed by atoms with van der Waals surface area (Å²) in [5, 5.41) is 4.03. The Morgan fingerprint density at radius 3 is 2.58 bits per heavy atom. The summed E-state index contributed by atoms with van der Waals surface area (Å²) in [6.45, 7) is 4.72. The lowest BCUT2D eigenvalue weighted by Crippen LogP contribution is -2.19. The molecule has 0 unspecified atom stereocenters. The molecule has 3 rings (SSSR count). The fourth-order valence-electron chi connectivity index (χ4n) is 2.67. The highest BCUT2D eigenvalue weighted by Crippen LogP contribution is 2.30. The molecule has 2 aromatic carbocycles. The van der Waals surface area contributed by atoms with E-state index in [0.717, 1.165) is 0 Å². The number of carbonyl (C=O) groups is 1. The molecule has 6 heteroatoms. The lowest BCUT2D eigenvalue weighted by molar-refractivity contribution is 0.102. The van der Waals surface area contributed by atoms with E-state index in [0.29, 0.717) is 41.2 Å². The molecule has 1 aromatic heterocycles. The number of pyridine rings is 1. The number of anilines is 1. The molecule has 0 aliphatic heterocycles. The van der Waals surface area contributed by atoms with Crippen LogP contribution in [0, 0.1) is 0 Å². The Balaban J connectivity index is 1.94. The summed E-state index contributed by atoms with van der Waals surface area (Å²) < 4.78 is 11.0. The van der Waals surface area contributed by atoms with Crippen molar-refractivity contribution in [3.8, 4) is 11.5 Å². The van der Waals surface area contributed by atoms with Crippen LogP contribution >= 0.6 is 0 Å². The zero-order valence-electron chi connectivity index (χ0n) is 14.7. The zero-order chi connectivity index (χ0) is 18.5. The summed E-state index contributed by atoms with van der Waals surface area (Å²) >= 11 is 0. The number of amides is 1. The van der Waals surface area contributed by atoms with Gasteiger partial charge in [-0.15, -0.1) is 0 Å². The monoisotopic (exact) mass is 352 g/mol. The molecule has 2 N–H and O–H groups in total. The number of ether oxygens (including phenoxy) is 2. The smallest absolute Gasteiger partial charge is 0.272 e. The molecule has 0 radical (unpaired) electrons. The van der Waals surface area contributed by atoms with Crippen molar-refractivity contribution in [1.29, 1.82) is 0 Å². The molecule has 1 heterocycles. The second-order valence-corrected chi connectivity index (χ2v) is 5.58. The number of hydrogen-bond donors (Lipinski definition) is 2. The van der Waals surface area contributed by atoms with Gasteiger partial charge in [0, 0.05) is 11.5 Å². The molecular formula is C20H20N2O4. The number of rotatable bonds is 6. The summed E-state index contributed by atoms with van der Waals surface area (Å²) in [5.41, 5.74) is 0.358. The molecule has 0 fully saturated rings. The molecule has 134 valence electrons. The SMILES string of the molecule is CCOc1ccc(OCC)c(NC(=O)c2cc3ccccc3c(=O)[nH]2)c1. The predicted octanol–water partition coefficient (Wildman–Crippen LogP) is 3.58. The standard InChI is InChI=1S/C20H20N2O4/c1-3-25-14-9-10-18(26-4-2)16(12-14)21-20(24)17-11-13-7-5-6-8-15(13)19(23)22-17/h5-12H,3-4H2,1-2H3,(H,21,24)(H,22,23). The molecule has 0 bridgehead atoms. The number of carbonyl (C=O) groups excluding carboxylic acids is 1. The Morgan fingerprint density at radius 2 is 1.81 bits per heavy atom. The minimum Gasteiger partial charge on any atom is -0.494 e. The van der Waals surface area contributed by atoms with Gasteiger partial charge < -0.3 is 19.8 Å². The van der Waals surface area contributed by atoms with E-state index in [1.165, 1.54) is 0 Å². The Labute approximate surface area is 150 Å². The van der Waals surface area contributed by atoms with Gasteiger partial charge in [0.2, 0.25) is 0 Å². The first-order valence-corrected chi connectivity index (χ1v) is 8.45. The van der Waals surface area contributed by atoms with Gasteiger partial charge in [-0.3, -0.25) is 9.59 Å². The maximum absolute atomic E-state index is 12.7. The molecule has 0 saturated heterocycles. The summed E-state index contributed by atoms with van der Waals surface area (Å²) in [4.78, 5) is 27.5. The second-order valence-electron chi connectivity index (χ2n) is 5.58. The van der Waals surface area contributed by atoms with Crippen LogP contribution < -0.4 is 20.3 Å². The number of fused-ring (bicyclic) bond motifs is 1. The summed E-state index contributed by atoms with van der Waals surface area (Å²) in [6.07, 6.45) is 0. The van der Waals surface area contributed by atoms with Crippen molar-refractivity contribution in [2.75, 3.05) is 18.5 Å². The van der Waals surface area contributed by atoms with Gasteiger partial charge in [-0.1, -0.05) is 18.2 Å². The number of benzene rings is 2. The van der Waals surface area contributed by atoms with Gasteiger partial charge in [0.15, 0.2) is 0 Å². The van der Waals surface area contributed by atoms with Crippen molar-refractivity contribution >= 4 is 22.4 Å². The van der Waals surface area contributed by atoms with Crippen LogP contribution in [0.15, 0.2) is 53.3 Å². The topological polar surface area (TPSA) is 80.4 Å². The molecule has 0 aliphatic carbocycles. The van der Waals surface area contributed by atoms with Crippen LogP contribution in [-0.2, 0) is 0 Å². The third kappa shape index (κ3) is 3.69. The molecule has 0 aliphatic rings. The molecule has 1 amide bonds. The van der Waals surface area contributed by atoms with Crippen molar-refractivity contribution in [2.45, 2.75) is 13.8 Å². The highest BCUT2D eigenvalue weighted by atomic mass is 16.5. The fraction of sp³-hybridized carbons (Fsp3) is 0.200. The summed E-state index contributed by atoms with van der Waals surface area (Å²) in [5.74, 6) is 0.730. The van der Waals surface area contributed by atoms with Gasteiger partial charge >= 0.3 is 0 Å².